The van der Waals surface area contributed by atoms with Crippen molar-refractivity contribution < 1.29 is 27.9 Å². The Balaban J connectivity index is 4.26. The third-order valence-corrected chi connectivity index (χ3v) is 1.90. The van der Waals surface area contributed by atoms with Gasteiger partial charge in [-0.15, -0.1) is 0 Å². The highest BCUT2D eigenvalue weighted by Gasteiger charge is 2.31. The number of alkyl halides is 3. The fraction of sp³-hybridized carbons (Fsp3) is 0.778. The number of carbonyl (C=O) groups is 2. The normalized spacial score (nSPS) is 13.0. The lowest BCUT2D eigenvalue weighted by molar-refractivity contribution is -0.140. The largest absolute Gasteiger partial charge is 0.480 e. The van der Waals surface area contributed by atoms with E-state index in [0.29, 0.717) is 0 Å². The minimum Gasteiger partial charge on any atom is -0.480 e. The number of carbonyl (C=O) groups excluding carboxylic acids is 1. The lowest BCUT2D eigenvalue weighted by Crippen LogP contribution is -2.46. The Hall–Kier alpha value is -1.47. The maximum Gasteiger partial charge on any atom is 0.391 e. The standard InChI is InChI=1S/C9H15F3N2O3/c1-3-14(5-7(15)16)8(17)13-6(2)4-9(10,11)12/h6H,3-5H2,1-2H3,(H,13,17)(H,15,16). The van der Waals surface area contributed by atoms with E-state index in [1.54, 1.807) is 0 Å². The number of nitrogens with one attached hydrogen (secondary N) is 1. The van der Waals surface area contributed by atoms with Crippen LogP contribution in [0.15, 0.2) is 0 Å². The first-order valence-corrected chi connectivity index (χ1v) is 4.99. The van der Waals surface area contributed by atoms with Crippen molar-refractivity contribution in [2.24, 2.45) is 0 Å². The molecule has 2 N–H and O–H groups in total. The van der Waals surface area contributed by atoms with E-state index in [9.17, 15) is 22.8 Å². The molecule has 0 saturated carbocycles. The topological polar surface area (TPSA) is 69.6 Å². The van der Waals surface area contributed by atoms with E-state index in [1.807, 2.05) is 0 Å². The molecule has 8 heteroatoms. The first kappa shape index (κ1) is 15.5. The Labute approximate surface area is 96.6 Å². The lowest BCUT2D eigenvalue weighted by Gasteiger charge is -2.22. The van der Waals surface area contributed by atoms with Gasteiger partial charge in [0.1, 0.15) is 6.54 Å². The van der Waals surface area contributed by atoms with Crippen LogP contribution in [0.5, 0.6) is 0 Å². The van der Waals surface area contributed by atoms with Gasteiger partial charge < -0.3 is 15.3 Å². The monoisotopic (exact) mass is 256 g/mol. The average molecular weight is 256 g/mol. The molecule has 17 heavy (non-hydrogen) atoms. The summed E-state index contributed by atoms with van der Waals surface area (Å²) in [6.07, 6.45) is -5.51. The zero-order chi connectivity index (χ0) is 13.6. The molecule has 5 nitrogen and oxygen atoms in total. The molecule has 0 aromatic heterocycles. The molecule has 0 aliphatic heterocycles. The predicted octanol–water partition coefficient (Wildman–Crippen LogP) is 1.44. The average Bonchev–Trinajstić information content (AvgIpc) is 2.10. The number of aliphatic carboxylic acids is 1. The van der Waals surface area contributed by atoms with Crippen LogP contribution in [0.25, 0.3) is 0 Å². The molecule has 0 bridgehead atoms. The van der Waals surface area contributed by atoms with Gasteiger partial charge in [0.25, 0.3) is 0 Å². The highest BCUT2D eigenvalue weighted by atomic mass is 19.4. The second-order valence-electron chi connectivity index (χ2n) is 3.58. The molecule has 0 spiro atoms. The molecule has 100 valence electrons. The molecule has 0 aromatic rings. The molecule has 0 aliphatic rings. The van der Waals surface area contributed by atoms with E-state index in [1.165, 1.54) is 13.8 Å². The number of halogens is 3. The van der Waals surface area contributed by atoms with Crippen molar-refractivity contribution in [1.82, 2.24) is 10.2 Å². The maximum atomic E-state index is 12.0. The number of likely N-dealkylation sites (N-methyl/N-ethyl adjacent to an activating group) is 1. The summed E-state index contributed by atoms with van der Waals surface area (Å²) in [5.74, 6) is -1.22. The van der Waals surface area contributed by atoms with Crippen molar-refractivity contribution in [3.8, 4) is 0 Å². The number of urea groups is 1. The van der Waals surface area contributed by atoms with Crippen LogP contribution in [-0.2, 0) is 4.79 Å². The number of nitrogens with zero attached hydrogens (tertiary/aromatic N) is 1. The molecule has 0 saturated heterocycles. The van der Waals surface area contributed by atoms with Crippen molar-refractivity contribution in [3.05, 3.63) is 0 Å². The third-order valence-electron chi connectivity index (χ3n) is 1.90. The van der Waals surface area contributed by atoms with Crippen LogP contribution in [0.1, 0.15) is 20.3 Å². The lowest BCUT2D eigenvalue weighted by atomic mass is 10.2. The number of amides is 2. The third kappa shape index (κ3) is 7.42. The summed E-state index contributed by atoms with van der Waals surface area (Å²) in [6, 6.07) is -1.91. The predicted molar refractivity (Wildman–Crippen MR) is 53.5 cm³/mol. The van der Waals surface area contributed by atoms with Crippen molar-refractivity contribution in [2.75, 3.05) is 13.1 Å². The van der Waals surface area contributed by atoms with E-state index in [4.69, 9.17) is 5.11 Å². The summed E-state index contributed by atoms with van der Waals surface area (Å²) in [5.41, 5.74) is 0. The van der Waals surface area contributed by atoms with Gasteiger partial charge in [-0.3, -0.25) is 4.79 Å². The Bertz CT molecular complexity index is 281. The van der Waals surface area contributed by atoms with Crippen LogP contribution in [0.4, 0.5) is 18.0 Å². The van der Waals surface area contributed by atoms with Crippen molar-refractivity contribution in [1.29, 1.82) is 0 Å². The Morgan fingerprint density at radius 2 is 1.94 bits per heavy atom. The van der Waals surface area contributed by atoms with Crippen LogP contribution in [-0.4, -0.2) is 47.3 Å². The van der Waals surface area contributed by atoms with E-state index >= 15 is 0 Å². The molecular formula is C9H15F3N2O3. The van der Waals surface area contributed by atoms with Crippen molar-refractivity contribution in [3.63, 3.8) is 0 Å². The smallest absolute Gasteiger partial charge is 0.391 e. The van der Waals surface area contributed by atoms with E-state index < -0.39 is 37.2 Å². The number of rotatable bonds is 5. The summed E-state index contributed by atoms with van der Waals surface area (Å²) in [6.45, 7) is 2.31. The van der Waals surface area contributed by atoms with Gasteiger partial charge in [0, 0.05) is 12.6 Å². The van der Waals surface area contributed by atoms with Crippen molar-refractivity contribution >= 4 is 12.0 Å². The van der Waals surface area contributed by atoms with E-state index in [-0.39, 0.29) is 6.54 Å². The van der Waals surface area contributed by atoms with Gasteiger partial charge in [-0.1, -0.05) is 0 Å². The first-order valence-electron chi connectivity index (χ1n) is 4.99. The second kappa shape index (κ2) is 6.31. The molecule has 0 rings (SSSR count). The summed E-state index contributed by atoms with van der Waals surface area (Å²) in [5, 5.41) is 10.6. The molecule has 0 fully saturated rings. The minimum absolute atomic E-state index is 0.108. The molecular weight excluding hydrogens is 241 g/mol. The summed E-state index contributed by atoms with van der Waals surface area (Å²) in [7, 11) is 0. The molecule has 1 atom stereocenters. The first-order chi connectivity index (χ1) is 7.65. The zero-order valence-electron chi connectivity index (χ0n) is 9.54. The summed E-state index contributed by atoms with van der Waals surface area (Å²) >= 11 is 0. The van der Waals surface area contributed by atoms with Gasteiger partial charge >= 0.3 is 18.2 Å². The Morgan fingerprint density at radius 1 is 1.41 bits per heavy atom. The maximum absolute atomic E-state index is 12.0. The molecule has 1 unspecified atom stereocenters. The fourth-order valence-corrected chi connectivity index (χ4v) is 1.19. The second-order valence-corrected chi connectivity index (χ2v) is 3.58. The van der Waals surface area contributed by atoms with Crippen LogP contribution in [0.3, 0.4) is 0 Å². The zero-order valence-corrected chi connectivity index (χ0v) is 9.54. The molecule has 0 heterocycles. The van der Waals surface area contributed by atoms with Crippen LogP contribution in [0.2, 0.25) is 0 Å². The number of carboxylic acid groups (broad SMARTS) is 1. The van der Waals surface area contributed by atoms with Crippen LogP contribution in [0, 0.1) is 0 Å². The summed E-state index contributed by atoms with van der Waals surface area (Å²) in [4.78, 5) is 22.7. The minimum atomic E-state index is -4.36. The quantitative estimate of drug-likeness (QED) is 0.782. The summed E-state index contributed by atoms with van der Waals surface area (Å²) < 4.78 is 36.0. The molecule has 2 amide bonds. The van der Waals surface area contributed by atoms with Gasteiger partial charge in [0.15, 0.2) is 0 Å². The van der Waals surface area contributed by atoms with Crippen LogP contribution < -0.4 is 5.32 Å². The van der Waals surface area contributed by atoms with Gasteiger partial charge in [0.2, 0.25) is 0 Å². The van der Waals surface area contributed by atoms with E-state index in [2.05, 4.69) is 5.32 Å². The van der Waals surface area contributed by atoms with Gasteiger partial charge in [-0.05, 0) is 13.8 Å². The van der Waals surface area contributed by atoms with Crippen LogP contribution >= 0.6 is 0 Å². The van der Waals surface area contributed by atoms with Gasteiger partial charge in [0.05, 0.1) is 6.42 Å². The highest BCUT2D eigenvalue weighted by molar-refractivity contribution is 5.80. The van der Waals surface area contributed by atoms with Gasteiger partial charge in [-0.25, -0.2) is 4.79 Å². The SMILES string of the molecule is CCN(CC(=O)O)C(=O)NC(C)CC(F)(F)F. The Kier molecular flexibility index (Phi) is 5.77. The fourth-order valence-electron chi connectivity index (χ4n) is 1.19. The number of hydrogen-bond donors (Lipinski definition) is 2. The highest BCUT2D eigenvalue weighted by Crippen LogP contribution is 2.21. The van der Waals surface area contributed by atoms with Crippen molar-refractivity contribution in [2.45, 2.75) is 32.5 Å². The molecule has 0 radical (unpaired) electrons. The van der Waals surface area contributed by atoms with E-state index in [0.717, 1.165) is 4.90 Å². The Morgan fingerprint density at radius 3 is 2.29 bits per heavy atom. The molecule has 0 aromatic carbocycles. The molecule has 0 aliphatic carbocycles. The van der Waals surface area contributed by atoms with Gasteiger partial charge in [-0.2, -0.15) is 13.2 Å². The number of hydrogen-bond acceptors (Lipinski definition) is 2. The number of carboxylic acids is 1.